The van der Waals surface area contributed by atoms with E-state index in [0.29, 0.717) is 26.0 Å². The van der Waals surface area contributed by atoms with E-state index in [9.17, 15) is 16.8 Å². The van der Waals surface area contributed by atoms with Crippen molar-refractivity contribution in [1.82, 2.24) is 0 Å². The van der Waals surface area contributed by atoms with Gasteiger partial charge in [-0.2, -0.15) is 16.8 Å². The maximum Gasteiger partial charge on any atom is 1.00 e. The van der Waals surface area contributed by atoms with Crippen LogP contribution in [-0.2, 0) is 28.9 Å². The summed E-state index contributed by atoms with van der Waals surface area (Å²) in [6, 6.07) is 0. The van der Waals surface area contributed by atoms with Crippen LogP contribution in [0.5, 0.6) is 0 Å². The fourth-order valence-corrected chi connectivity index (χ4v) is 5.50. The smallest absolute Gasteiger partial charge is 1.00 e. The molecule has 11 heteroatoms. The van der Waals surface area contributed by atoms with E-state index in [0.717, 1.165) is 25.7 Å². The van der Waals surface area contributed by atoms with E-state index in [4.69, 9.17) is 14.5 Å². The van der Waals surface area contributed by atoms with Gasteiger partial charge in [-0.25, -0.2) is 4.18 Å². The Hall–Kier alpha value is 0.740. The summed E-state index contributed by atoms with van der Waals surface area (Å²) in [5.74, 6) is 0. The van der Waals surface area contributed by atoms with Gasteiger partial charge in [0.05, 0.1) is 18.0 Å². The summed E-state index contributed by atoms with van der Waals surface area (Å²) in [4.78, 5) is 0. The van der Waals surface area contributed by atoms with Crippen molar-refractivity contribution < 1.29 is 60.7 Å². The van der Waals surface area contributed by atoms with Gasteiger partial charge in [0.15, 0.2) is 0 Å². The number of hydrogen-bond acceptors (Lipinski definition) is 7. The molecule has 0 aliphatic rings. The van der Waals surface area contributed by atoms with Gasteiger partial charge in [0.2, 0.25) is 0 Å². The molecule has 0 saturated heterocycles. The molecule has 0 heterocycles. The van der Waals surface area contributed by atoms with Gasteiger partial charge < -0.3 is 7.16 Å². The Morgan fingerprint density at radius 3 is 1.20 bits per heavy atom. The standard InChI is InChI=1S/C17H37NO3S.C12H26O4S.Na.H/c1-4-5-6-7-8-9-10-11-12-13-16-21-22(19,20)17(2,3)14-15-18;1-2-3-4-5-6-7-8-9-10-11-12-16-17(13,14)15;;/h4-16,18H2,1-3H3;2-12H2,1H3,(H,13,14,15);;/q;;+1;-1. The maximum atomic E-state index is 12.0. The molecule has 40 heavy (non-hydrogen) atoms. The molecule has 0 fully saturated rings. The zero-order valence-electron chi connectivity index (χ0n) is 27.8. The van der Waals surface area contributed by atoms with Crippen LogP contribution >= 0.6 is 0 Å². The third kappa shape index (κ3) is 31.7. The normalized spacial score (nSPS) is 12.1. The molecule has 3 N–H and O–H groups in total. The SMILES string of the molecule is CCCCCCCCCCCCOS(=O)(=O)C(C)(C)CCN.CCCCCCCCCCCCOS(=O)(=O)O.[H-].[Na+]. The Labute approximate surface area is 272 Å². The summed E-state index contributed by atoms with van der Waals surface area (Å²) in [6.07, 6.45) is 24.5. The van der Waals surface area contributed by atoms with Crippen molar-refractivity contribution in [3.8, 4) is 0 Å². The number of rotatable bonds is 27. The van der Waals surface area contributed by atoms with Gasteiger partial charge >= 0.3 is 40.0 Å². The van der Waals surface area contributed by atoms with Crippen LogP contribution in [0.3, 0.4) is 0 Å². The first-order valence-electron chi connectivity index (χ1n) is 15.6. The minimum absolute atomic E-state index is 0. The Bertz CT molecular complexity index is 739. The average molecular weight is 626 g/mol. The molecule has 0 radical (unpaired) electrons. The molecule has 0 aromatic carbocycles. The first-order chi connectivity index (χ1) is 18.4. The molecule has 8 nitrogen and oxygen atoms in total. The van der Waals surface area contributed by atoms with Crippen molar-refractivity contribution in [2.45, 2.75) is 167 Å². The molecule has 0 amide bonds. The second-order valence-electron chi connectivity index (χ2n) is 11.2. The Kier molecular flexibility index (Phi) is 33.6. The van der Waals surface area contributed by atoms with Gasteiger partial charge in [-0.15, -0.1) is 0 Å². The van der Waals surface area contributed by atoms with Crippen molar-refractivity contribution >= 4 is 20.5 Å². The first kappa shape index (κ1) is 45.2. The van der Waals surface area contributed by atoms with E-state index in [-0.39, 0.29) is 37.6 Å². The van der Waals surface area contributed by atoms with Crippen LogP contribution in [-0.4, -0.2) is 45.9 Å². The molecular formula is C29H64NNaO7S2. The van der Waals surface area contributed by atoms with E-state index >= 15 is 0 Å². The number of nitrogens with two attached hydrogens (primary N) is 1. The molecule has 0 unspecified atom stereocenters. The molecule has 0 spiro atoms. The zero-order chi connectivity index (χ0) is 29.9. The molecule has 0 aliphatic carbocycles. The monoisotopic (exact) mass is 625 g/mol. The van der Waals surface area contributed by atoms with Gasteiger partial charge in [0, 0.05) is 0 Å². The minimum atomic E-state index is -4.23. The van der Waals surface area contributed by atoms with Gasteiger partial charge in [-0.1, -0.05) is 129 Å². The molecule has 0 aliphatic heterocycles. The van der Waals surface area contributed by atoms with Gasteiger partial charge in [0.25, 0.3) is 10.1 Å². The largest absolute Gasteiger partial charge is 1.00 e. The molecular weight excluding hydrogens is 561 g/mol. The molecule has 0 rings (SSSR count). The average Bonchev–Trinajstić information content (AvgIpc) is 2.85. The predicted molar refractivity (Wildman–Crippen MR) is 165 cm³/mol. The van der Waals surface area contributed by atoms with Crippen molar-refractivity contribution in [3.63, 3.8) is 0 Å². The number of hydrogen-bond donors (Lipinski definition) is 2. The quantitative estimate of drug-likeness (QED) is 0.0549. The van der Waals surface area contributed by atoms with Crippen molar-refractivity contribution in [1.29, 1.82) is 0 Å². The van der Waals surface area contributed by atoms with E-state index < -0.39 is 25.3 Å². The third-order valence-corrected chi connectivity index (χ3v) is 9.39. The predicted octanol–water partition coefficient (Wildman–Crippen LogP) is 5.22. The second kappa shape index (κ2) is 29.8. The molecule has 240 valence electrons. The molecule has 0 aromatic rings. The molecule has 0 bridgehead atoms. The molecule has 0 aromatic heterocycles. The van der Waals surface area contributed by atoms with E-state index in [1.165, 1.54) is 96.3 Å². The van der Waals surface area contributed by atoms with Crippen LogP contribution in [0.4, 0.5) is 0 Å². The number of unbranched alkanes of at least 4 members (excludes halogenated alkanes) is 18. The Balaban J connectivity index is -0.000000328. The summed E-state index contributed by atoms with van der Waals surface area (Å²) in [6.45, 7) is 8.55. The summed E-state index contributed by atoms with van der Waals surface area (Å²) in [5, 5.41) is 0. The first-order valence-corrected chi connectivity index (χ1v) is 18.4. The summed E-state index contributed by atoms with van der Waals surface area (Å²) >= 11 is 0. The summed E-state index contributed by atoms with van der Waals surface area (Å²) in [5.41, 5.74) is 5.45. The third-order valence-electron chi connectivity index (χ3n) is 6.89. The fourth-order valence-electron chi connectivity index (χ4n) is 4.14. The van der Waals surface area contributed by atoms with Crippen LogP contribution in [0.15, 0.2) is 0 Å². The zero-order valence-corrected chi connectivity index (χ0v) is 30.4. The van der Waals surface area contributed by atoms with Crippen molar-refractivity contribution in [2.24, 2.45) is 5.73 Å². The van der Waals surface area contributed by atoms with E-state index in [2.05, 4.69) is 18.0 Å². The van der Waals surface area contributed by atoms with Gasteiger partial charge in [0.1, 0.15) is 0 Å². The molecule has 0 atom stereocenters. The maximum absolute atomic E-state index is 12.0. The van der Waals surface area contributed by atoms with E-state index in [1.807, 2.05) is 0 Å². The van der Waals surface area contributed by atoms with Crippen LogP contribution in [0, 0.1) is 0 Å². The Morgan fingerprint density at radius 1 is 0.600 bits per heavy atom. The minimum Gasteiger partial charge on any atom is -1.00 e. The molecule has 0 saturated carbocycles. The van der Waals surface area contributed by atoms with E-state index in [1.54, 1.807) is 13.8 Å². The summed E-state index contributed by atoms with van der Waals surface area (Å²) in [7, 11) is -7.75. The fraction of sp³-hybridized carbons (Fsp3) is 1.00. The van der Waals surface area contributed by atoms with Crippen molar-refractivity contribution in [2.75, 3.05) is 19.8 Å². The summed E-state index contributed by atoms with van der Waals surface area (Å²) < 4.78 is 61.3. The second-order valence-corrected chi connectivity index (χ2v) is 14.5. The van der Waals surface area contributed by atoms with Crippen LogP contribution < -0.4 is 35.3 Å². The van der Waals surface area contributed by atoms with Crippen molar-refractivity contribution in [3.05, 3.63) is 0 Å². The Morgan fingerprint density at radius 2 is 0.900 bits per heavy atom. The van der Waals surface area contributed by atoms with Crippen LogP contribution in [0.1, 0.15) is 164 Å². The van der Waals surface area contributed by atoms with Gasteiger partial charge in [-0.3, -0.25) is 8.74 Å². The van der Waals surface area contributed by atoms with Crippen LogP contribution in [0.2, 0.25) is 0 Å². The van der Waals surface area contributed by atoms with Crippen LogP contribution in [0.25, 0.3) is 0 Å². The van der Waals surface area contributed by atoms with Gasteiger partial charge in [-0.05, 0) is 39.7 Å². The topological polar surface area (TPSA) is 133 Å².